The molecule has 1 aliphatic rings. The van der Waals surface area contributed by atoms with Crippen LogP contribution in [0.25, 0.3) is 0 Å². The van der Waals surface area contributed by atoms with Crippen LogP contribution in [0.15, 0.2) is 48.5 Å². The van der Waals surface area contributed by atoms with E-state index in [0.29, 0.717) is 24.7 Å². The first-order chi connectivity index (χ1) is 12.0. The molecule has 1 heterocycles. The van der Waals surface area contributed by atoms with E-state index >= 15 is 0 Å². The molecule has 1 amide bonds. The van der Waals surface area contributed by atoms with Crippen molar-refractivity contribution in [3.63, 3.8) is 0 Å². The van der Waals surface area contributed by atoms with Crippen LogP contribution in [-0.4, -0.2) is 34.9 Å². The summed E-state index contributed by atoms with van der Waals surface area (Å²) in [7, 11) is 0. The Morgan fingerprint density at radius 2 is 1.84 bits per heavy atom. The number of rotatable bonds is 4. The van der Waals surface area contributed by atoms with Gasteiger partial charge in [0.05, 0.1) is 15.5 Å². The molecule has 2 aromatic rings. The summed E-state index contributed by atoms with van der Waals surface area (Å²) >= 11 is 6.06. The number of hydrogen-bond donors (Lipinski definition) is 1. The largest absolute Gasteiger partial charge is 0.382 e. The fourth-order valence-corrected chi connectivity index (χ4v) is 3.21. The highest BCUT2D eigenvalue weighted by Gasteiger charge is 2.25. The minimum atomic E-state index is -0.527. The fourth-order valence-electron chi connectivity index (χ4n) is 2.96. The lowest BCUT2D eigenvalue weighted by molar-refractivity contribution is -0.384. The number of benzene rings is 2. The van der Waals surface area contributed by atoms with Crippen molar-refractivity contribution in [2.45, 2.75) is 18.9 Å². The van der Waals surface area contributed by atoms with Gasteiger partial charge in [-0.15, -0.1) is 0 Å². The third kappa shape index (κ3) is 4.09. The van der Waals surface area contributed by atoms with Gasteiger partial charge in [0.1, 0.15) is 0 Å². The van der Waals surface area contributed by atoms with Gasteiger partial charge in [0, 0.05) is 37.0 Å². The SMILES string of the molecule is O=C(c1ccc([N+](=O)[O-])cc1Cl)N1CCC(Nc2ccccc2)CC1. The van der Waals surface area contributed by atoms with Gasteiger partial charge < -0.3 is 10.2 Å². The molecule has 0 unspecified atom stereocenters. The molecule has 3 rings (SSSR count). The van der Waals surface area contributed by atoms with E-state index in [9.17, 15) is 14.9 Å². The van der Waals surface area contributed by atoms with Crippen LogP contribution < -0.4 is 5.32 Å². The number of anilines is 1. The van der Waals surface area contributed by atoms with E-state index in [-0.39, 0.29) is 16.6 Å². The molecule has 0 saturated carbocycles. The second kappa shape index (κ2) is 7.53. The zero-order chi connectivity index (χ0) is 17.8. The highest BCUT2D eigenvalue weighted by molar-refractivity contribution is 6.34. The number of likely N-dealkylation sites (tertiary alicyclic amines) is 1. The predicted molar refractivity (Wildman–Crippen MR) is 97.1 cm³/mol. The van der Waals surface area contributed by atoms with Gasteiger partial charge in [-0.3, -0.25) is 14.9 Å². The van der Waals surface area contributed by atoms with Crippen molar-refractivity contribution in [1.82, 2.24) is 4.90 Å². The number of amides is 1. The van der Waals surface area contributed by atoms with E-state index in [1.165, 1.54) is 18.2 Å². The number of nitrogens with zero attached hydrogens (tertiary/aromatic N) is 2. The van der Waals surface area contributed by atoms with E-state index in [4.69, 9.17) is 11.6 Å². The van der Waals surface area contributed by atoms with Crippen LogP contribution in [0.1, 0.15) is 23.2 Å². The monoisotopic (exact) mass is 359 g/mol. The molecule has 1 aliphatic heterocycles. The van der Waals surface area contributed by atoms with Crippen molar-refractivity contribution in [3.8, 4) is 0 Å². The molecule has 130 valence electrons. The van der Waals surface area contributed by atoms with Gasteiger partial charge >= 0.3 is 0 Å². The van der Waals surface area contributed by atoms with Crippen molar-refractivity contribution in [3.05, 3.63) is 69.2 Å². The summed E-state index contributed by atoms with van der Waals surface area (Å²) in [6.07, 6.45) is 1.68. The second-order valence-electron chi connectivity index (χ2n) is 6.00. The molecule has 6 nitrogen and oxygen atoms in total. The molecule has 2 aromatic carbocycles. The maximum Gasteiger partial charge on any atom is 0.270 e. The first-order valence-electron chi connectivity index (χ1n) is 8.09. The van der Waals surface area contributed by atoms with Gasteiger partial charge in [-0.2, -0.15) is 0 Å². The van der Waals surface area contributed by atoms with Crippen molar-refractivity contribution in [1.29, 1.82) is 0 Å². The normalized spacial score (nSPS) is 15.0. The van der Waals surface area contributed by atoms with Gasteiger partial charge in [0.25, 0.3) is 11.6 Å². The summed E-state index contributed by atoms with van der Waals surface area (Å²) in [6.45, 7) is 1.24. The highest BCUT2D eigenvalue weighted by atomic mass is 35.5. The Hall–Kier alpha value is -2.60. The van der Waals surface area contributed by atoms with Crippen LogP contribution >= 0.6 is 11.6 Å². The van der Waals surface area contributed by atoms with Crippen molar-refractivity contribution < 1.29 is 9.72 Å². The number of piperidine rings is 1. The third-order valence-corrected chi connectivity index (χ3v) is 4.63. The van der Waals surface area contributed by atoms with Crippen LogP contribution in [0, 0.1) is 10.1 Å². The number of carbonyl (C=O) groups excluding carboxylic acids is 1. The summed E-state index contributed by atoms with van der Waals surface area (Å²) in [6, 6.07) is 14.3. The zero-order valence-electron chi connectivity index (χ0n) is 13.5. The standard InChI is InChI=1S/C18H18ClN3O3/c19-17-12-15(22(24)25)6-7-16(17)18(23)21-10-8-14(9-11-21)20-13-4-2-1-3-5-13/h1-7,12,14,20H,8-11H2. The molecule has 0 atom stereocenters. The number of carbonyl (C=O) groups is 1. The van der Waals surface area contributed by atoms with Crippen molar-refractivity contribution in [2.75, 3.05) is 18.4 Å². The number of nitro groups is 1. The Bertz CT molecular complexity index is 774. The number of hydrogen-bond acceptors (Lipinski definition) is 4. The molecule has 0 aliphatic carbocycles. The van der Waals surface area contributed by atoms with Crippen LogP contribution in [-0.2, 0) is 0 Å². The summed E-state index contributed by atoms with van der Waals surface area (Å²) in [5.41, 5.74) is 1.26. The first kappa shape index (κ1) is 17.2. The molecule has 0 spiro atoms. The Balaban J connectivity index is 1.61. The number of halogens is 1. The molecular weight excluding hydrogens is 342 g/mol. The molecule has 1 N–H and O–H groups in total. The summed E-state index contributed by atoms with van der Waals surface area (Å²) < 4.78 is 0. The van der Waals surface area contributed by atoms with Crippen molar-refractivity contribution >= 4 is 28.9 Å². The van der Waals surface area contributed by atoms with Gasteiger partial charge in [0.15, 0.2) is 0 Å². The van der Waals surface area contributed by atoms with Gasteiger partial charge in [-0.1, -0.05) is 29.8 Å². The molecule has 7 heteroatoms. The lowest BCUT2D eigenvalue weighted by Gasteiger charge is -2.33. The predicted octanol–water partition coefficient (Wildman–Crippen LogP) is 3.96. The van der Waals surface area contributed by atoms with E-state index in [2.05, 4.69) is 5.32 Å². The molecule has 1 fully saturated rings. The lowest BCUT2D eigenvalue weighted by atomic mass is 10.0. The Morgan fingerprint density at radius 1 is 1.16 bits per heavy atom. The van der Waals surface area contributed by atoms with E-state index in [1.54, 1.807) is 4.90 Å². The average molecular weight is 360 g/mol. The molecular formula is C18H18ClN3O3. The Morgan fingerprint density at radius 3 is 2.44 bits per heavy atom. The maximum atomic E-state index is 12.6. The smallest absolute Gasteiger partial charge is 0.270 e. The molecule has 0 aromatic heterocycles. The topological polar surface area (TPSA) is 75.5 Å². The second-order valence-corrected chi connectivity index (χ2v) is 6.41. The minimum Gasteiger partial charge on any atom is -0.382 e. The average Bonchev–Trinajstić information content (AvgIpc) is 2.62. The molecule has 25 heavy (non-hydrogen) atoms. The van der Waals surface area contributed by atoms with E-state index < -0.39 is 4.92 Å². The van der Waals surface area contributed by atoms with Gasteiger partial charge in [-0.05, 0) is 31.0 Å². The van der Waals surface area contributed by atoms with Crippen LogP contribution in [0.4, 0.5) is 11.4 Å². The van der Waals surface area contributed by atoms with Crippen LogP contribution in [0.2, 0.25) is 5.02 Å². The summed E-state index contributed by atoms with van der Waals surface area (Å²) in [4.78, 5) is 24.6. The molecule has 1 saturated heterocycles. The van der Waals surface area contributed by atoms with Crippen LogP contribution in [0.5, 0.6) is 0 Å². The van der Waals surface area contributed by atoms with E-state index in [0.717, 1.165) is 18.5 Å². The molecule has 0 bridgehead atoms. The van der Waals surface area contributed by atoms with E-state index in [1.807, 2.05) is 30.3 Å². The highest BCUT2D eigenvalue weighted by Crippen LogP contribution is 2.25. The lowest BCUT2D eigenvalue weighted by Crippen LogP contribution is -2.42. The fraction of sp³-hybridized carbons (Fsp3) is 0.278. The third-order valence-electron chi connectivity index (χ3n) is 4.32. The van der Waals surface area contributed by atoms with Gasteiger partial charge in [0.2, 0.25) is 0 Å². The molecule has 0 radical (unpaired) electrons. The minimum absolute atomic E-state index is 0.115. The first-order valence-corrected chi connectivity index (χ1v) is 8.47. The quantitative estimate of drug-likeness (QED) is 0.662. The van der Waals surface area contributed by atoms with Crippen molar-refractivity contribution in [2.24, 2.45) is 0 Å². The number of para-hydroxylation sites is 1. The zero-order valence-corrected chi connectivity index (χ0v) is 14.3. The summed E-state index contributed by atoms with van der Waals surface area (Å²) in [5, 5.41) is 14.4. The van der Waals surface area contributed by atoms with Crippen LogP contribution in [0.3, 0.4) is 0 Å². The van der Waals surface area contributed by atoms with Gasteiger partial charge in [-0.25, -0.2) is 0 Å². The summed E-state index contributed by atoms with van der Waals surface area (Å²) in [5.74, 6) is -0.182. The number of nitrogens with one attached hydrogen (secondary N) is 1. The number of non-ortho nitro benzene ring substituents is 1. The Labute approximate surface area is 150 Å². The Kier molecular flexibility index (Phi) is 5.19. The number of nitro benzene ring substituents is 1. The maximum absolute atomic E-state index is 12.6.